The molecule has 4 N–H and O–H groups in total. The van der Waals surface area contributed by atoms with Crippen molar-refractivity contribution in [2.75, 3.05) is 26.6 Å². The van der Waals surface area contributed by atoms with Gasteiger partial charge in [0.15, 0.2) is 11.5 Å². The Morgan fingerprint density at radius 2 is 1.87 bits per heavy atom. The van der Waals surface area contributed by atoms with Crippen LogP contribution in [0, 0.1) is 10.1 Å². The maximum Gasteiger partial charge on any atom is 0.269 e. The Kier molecular flexibility index (Phi) is 7.55. The molecule has 0 saturated carbocycles. The van der Waals surface area contributed by atoms with Crippen LogP contribution in [0.25, 0.3) is 0 Å². The number of nitrogens with one attached hydrogen (secondary N) is 1. The van der Waals surface area contributed by atoms with Crippen LogP contribution in [-0.4, -0.2) is 58.9 Å². The molecule has 0 amide bonds. The van der Waals surface area contributed by atoms with E-state index in [1.54, 1.807) is 6.07 Å². The quantitative estimate of drug-likeness (QED) is 0.308. The molecule has 0 fully saturated rings. The van der Waals surface area contributed by atoms with E-state index in [0.29, 0.717) is 17.1 Å². The summed E-state index contributed by atoms with van der Waals surface area (Å²) in [6.45, 7) is 0.219. The summed E-state index contributed by atoms with van der Waals surface area (Å²) in [6, 6.07) is 10.1. The lowest BCUT2D eigenvalue weighted by atomic mass is 10.0. The molecule has 3 rings (SSSR count). The molecule has 0 unspecified atom stereocenters. The summed E-state index contributed by atoms with van der Waals surface area (Å²) in [6.07, 6.45) is -1.96. The standard InChI is InChI=1S/C20H24N2O8/c23-9-17(20(25)14-2-4-15(5-3-14)22(26)27)21-8-16(24)11-28-10-13-1-6-18-19(7-13)30-12-29-18/h1-7,16-17,20-21,23-25H,8-12H2/t16-,17-,20+/m1/s1. The topological polar surface area (TPSA) is 144 Å². The molecule has 10 nitrogen and oxygen atoms in total. The minimum atomic E-state index is -1.10. The van der Waals surface area contributed by atoms with Crippen LogP contribution in [0.2, 0.25) is 0 Å². The number of hydrogen-bond donors (Lipinski definition) is 4. The lowest BCUT2D eigenvalue weighted by molar-refractivity contribution is -0.384. The summed E-state index contributed by atoms with van der Waals surface area (Å²) in [5.74, 6) is 1.34. The second-order valence-corrected chi connectivity index (χ2v) is 6.85. The zero-order valence-electron chi connectivity index (χ0n) is 16.1. The maximum absolute atomic E-state index is 10.7. The molecule has 0 bridgehead atoms. The molecule has 0 spiro atoms. The van der Waals surface area contributed by atoms with Crippen molar-refractivity contribution in [2.45, 2.75) is 24.9 Å². The van der Waals surface area contributed by atoms with Gasteiger partial charge in [0.05, 0.1) is 43.0 Å². The van der Waals surface area contributed by atoms with Gasteiger partial charge in [0.25, 0.3) is 5.69 Å². The number of nitro benzene ring substituents is 1. The van der Waals surface area contributed by atoms with Crippen LogP contribution >= 0.6 is 0 Å². The minimum Gasteiger partial charge on any atom is -0.454 e. The zero-order valence-corrected chi connectivity index (χ0v) is 16.1. The second-order valence-electron chi connectivity index (χ2n) is 6.85. The van der Waals surface area contributed by atoms with Crippen LogP contribution in [0.3, 0.4) is 0 Å². The van der Waals surface area contributed by atoms with Crippen LogP contribution in [0.15, 0.2) is 42.5 Å². The number of aliphatic hydroxyl groups is 3. The predicted octanol–water partition coefficient (Wildman–Crippen LogP) is 0.885. The number of fused-ring (bicyclic) bond motifs is 1. The SMILES string of the molecule is O=[N+]([O-])c1ccc([C@H](O)[C@@H](CO)NC[C@@H](O)COCc2ccc3c(c2)OCO3)cc1. The zero-order chi connectivity index (χ0) is 21.5. The van der Waals surface area contributed by atoms with E-state index < -0.39 is 23.2 Å². The highest BCUT2D eigenvalue weighted by molar-refractivity contribution is 5.44. The third-order valence-corrected chi connectivity index (χ3v) is 4.65. The van der Waals surface area contributed by atoms with Crippen LogP contribution in [-0.2, 0) is 11.3 Å². The van der Waals surface area contributed by atoms with Crippen molar-refractivity contribution in [2.24, 2.45) is 0 Å². The predicted molar refractivity (Wildman–Crippen MR) is 105 cm³/mol. The summed E-state index contributed by atoms with van der Waals surface area (Å²) in [5.41, 5.74) is 1.21. The molecular weight excluding hydrogens is 396 g/mol. The Morgan fingerprint density at radius 3 is 2.57 bits per heavy atom. The fourth-order valence-corrected chi connectivity index (χ4v) is 2.99. The molecule has 0 radical (unpaired) electrons. The third kappa shape index (κ3) is 5.65. The van der Waals surface area contributed by atoms with E-state index in [1.807, 2.05) is 12.1 Å². The van der Waals surface area contributed by atoms with Gasteiger partial charge in [0, 0.05) is 18.7 Å². The lowest BCUT2D eigenvalue weighted by Gasteiger charge is -2.24. The molecule has 3 atom stereocenters. The van der Waals surface area contributed by atoms with E-state index in [-0.39, 0.29) is 38.8 Å². The Bertz CT molecular complexity index is 845. The first-order chi connectivity index (χ1) is 14.5. The number of aliphatic hydroxyl groups excluding tert-OH is 3. The molecule has 2 aromatic carbocycles. The van der Waals surface area contributed by atoms with Crippen molar-refractivity contribution < 1.29 is 34.5 Å². The van der Waals surface area contributed by atoms with Gasteiger partial charge in [-0.25, -0.2) is 0 Å². The van der Waals surface area contributed by atoms with E-state index in [4.69, 9.17) is 14.2 Å². The van der Waals surface area contributed by atoms with Gasteiger partial charge in [0.1, 0.15) is 0 Å². The van der Waals surface area contributed by atoms with E-state index in [9.17, 15) is 25.4 Å². The first kappa shape index (κ1) is 21.9. The van der Waals surface area contributed by atoms with E-state index in [1.165, 1.54) is 24.3 Å². The van der Waals surface area contributed by atoms with E-state index in [0.717, 1.165) is 5.56 Å². The van der Waals surface area contributed by atoms with Gasteiger partial charge < -0.3 is 34.8 Å². The van der Waals surface area contributed by atoms with Gasteiger partial charge in [-0.05, 0) is 35.4 Å². The normalized spacial score (nSPS) is 15.6. The molecule has 0 aromatic heterocycles. The average Bonchev–Trinajstić information content (AvgIpc) is 3.22. The molecule has 30 heavy (non-hydrogen) atoms. The summed E-state index contributed by atoms with van der Waals surface area (Å²) in [4.78, 5) is 10.2. The summed E-state index contributed by atoms with van der Waals surface area (Å²) < 4.78 is 16.1. The Balaban J connectivity index is 1.43. The number of benzene rings is 2. The Hall–Kier alpha value is -2.76. The maximum atomic E-state index is 10.7. The van der Waals surface area contributed by atoms with Crippen LogP contribution in [0.4, 0.5) is 5.69 Å². The summed E-state index contributed by atoms with van der Waals surface area (Å²) in [5, 5.41) is 43.7. The fourth-order valence-electron chi connectivity index (χ4n) is 2.99. The van der Waals surface area contributed by atoms with Crippen molar-refractivity contribution in [3.63, 3.8) is 0 Å². The molecule has 10 heteroatoms. The number of ether oxygens (including phenoxy) is 3. The van der Waals surface area contributed by atoms with Gasteiger partial charge in [-0.15, -0.1) is 0 Å². The number of hydrogen-bond acceptors (Lipinski definition) is 9. The highest BCUT2D eigenvalue weighted by Crippen LogP contribution is 2.32. The van der Waals surface area contributed by atoms with Gasteiger partial charge in [-0.1, -0.05) is 6.07 Å². The molecular formula is C20H24N2O8. The summed E-state index contributed by atoms with van der Waals surface area (Å²) in [7, 11) is 0. The van der Waals surface area contributed by atoms with Gasteiger partial charge in [0.2, 0.25) is 6.79 Å². The first-order valence-electron chi connectivity index (χ1n) is 9.39. The number of non-ortho nitro benzene ring substituents is 1. The van der Waals surface area contributed by atoms with Crippen molar-refractivity contribution in [3.05, 3.63) is 63.7 Å². The largest absolute Gasteiger partial charge is 0.454 e. The first-order valence-corrected chi connectivity index (χ1v) is 9.39. The number of nitrogens with zero attached hydrogens (tertiary/aromatic N) is 1. The Morgan fingerprint density at radius 1 is 1.13 bits per heavy atom. The van der Waals surface area contributed by atoms with Gasteiger partial charge in [-0.2, -0.15) is 0 Å². The van der Waals surface area contributed by atoms with Crippen LogP contribution in [0.5, 0.6) is 11.5 Å². The van der Waals surface area contributed by atoms with Crippen molar-refractivity contribution >= 4 is 5.69 Å². The summed E-state index contributed by atoms with van der Waals surface area (Å²) >= 11 is 0. The molecule has 1 aliphatic rings. The van der Waals surface area contributed by atoms with Crippen LogP contribution < -0.4 is 14.8 Å². The van der Waals surface area contributed by atoms with Crippen molar-refractivity contribution in [1.82, 2.24) is 5.32 Å². The smallest absolute Gasteiger partial charge is 0.269 e. The molecule has 2 aromatic rings. The van der Waals surface area contributed by atoms with Crippen LogP contribution in [0.1, 0.15) is 17.2 Å². The van der Waals surface area contributed by atoms with Gasteiger partial charge >= 0.3 is 0 Å². The Labute approximate surface area is 172 Å². The molecule has 0 aliphatic carbocycles. The molecule has 162 valence electrons. The van der Waals surface area contributed by atoms with Crippen molar-refractivity contribution in [3.8, 4) is 11.5 Å². The highest BCUT2D eigenvalue weighted by atomic mass is 16.7. The second kappa shape index (κ2) is 10.3. The lowest BCUT2D eigenvalue weighted by Crippen LogP contribution is -2.43. The molecule has 0 saturated heterocycles. The molecule has 1 aliphatic heterocycles. The van der Waals surface area contributed by atoms with Gasteiger partial charge in [-0.3, -0.25) is 10.1 Å². The number of nitro groups is 1. The number of rotatable bonds is 11. The average molecular weight is 420 g/mol. The van der Waals surface area contributed by atoms with Crippen molar-refractivity contribution in [1.29, 1.82) is 0 Å². The monoisotopic (exact) mass is 420 g/mol. The fraction of sp³-hybridized carbons (Fsp3) is 0.400. The van der Waals surface area contributed by atoms with E-state index in [2.05, 4.69) is 5.32 Å². The molecule has 1 heterocycles. The van der Waals surface area contributed by atoms with E-state index >= 15 is 0 Å². The third-order valence-electron chi connectivity index (χ3n) is 4.65. The minimum absolute atomic E-state index is 0.0488. The highest BCUT2D eigenvalue weighted by Gasteiger charge is 2.22.